The Morgan fingerprint density at radius 2 is 1.51 bits per heavy atom. The molecule has 9 nitrogen and oxygen atoms in total. The van der Waals surface area contributed by atoms with Gasteiger partial charge in [-0.3, -0.25) is 13.9 Å². The standard InChI is InChI=1S/C31H39N3O6S/c1-5-6-18-32-31(36)29(20-24-12-8-7-9-13-24)33(22-25-14-10-16-27(19-25)39-2)30(35)23-34(41(4,37)38)26-15-11-17-28(21-26)40-3/h7-17,19,21,29H,5-6,18,20,22-23H2,1-4H3,(H,32,36)/t29-/m0/s1. The summed E-state index contributed by atoms with van der Waals surface area (Å²) in [5.74, 6) is 0.239. The summed E-state index contributed by atoms with van der Waals surface area (Å²) >= 11 is 0. The van der Waals surface area contributed by atoms with Crippen LogP contribution in [0.2, 0.25) is 0 Å². The third kappa shape index (κ3) is 9.24. The van der Waals surface area contributed by atoms with Gasteiger partial charge in [0, 0.05) is 25.6 Å². The molecule has 2 amide bonds. The second-order valence-electron chi connectivity index (χ2n) is 9.69. The highest BCUT2D eigenvalue weighted by Gasteiger charge is 2.33. The van der Waals surface area contributed by atoms with Crippen molar-refractivity contribution in [2.24, 2.45) is 0 Å². The number of benzene rings is 3. The van der Waals surface area contributed by atoms with Crippen LogP contribution < -0.4 is 19.1 Å². The molecular formula is C31H39N3O6S. The zero-order valence-corrected chi connectivity index (χ0v) is 24.9. The fourth-order valence-corrected chi connectivity index (χ4v) is 5.25. The van der Waals surface area contributed by atoms with E-state index in [0.29, 0.717) is 18.0 Å². The summed E-state index contributed by atoms with van der Waals surface area (Å²) in [6.07, 6.45) is 3.00. The number of ether oxygens (including phenoxy) is 2. The molecule has 0 saturated carbocycles. The van der Waals surface area contributed by atoms with E-state index in [-0.39, 0.29) is 24.6 Å². The lowest BCUT2D eigenvalue weighted by Crippen LogP contribution is -2.53. The number of rotatable bonds is 15. The molecule has 0 spiro atoms. The lowest BCUT2D eigenvalue weighted by Gasteiger charge is -2.33. The first-order valence-corrected chi connectivity index (χ1v) is 15.4. The summed E-state index contributed by atoms with van der Waals surface area (Å²) in [4.78, 5) is 29.2. The number of unbranched alkanes of at least 4 members (excludes halogenated alkanes) is 1. The normalized spacial score (nSPS) is 11.8. The van der Waals surface area contributed by atoms with Crippen molar-refractivity contribution in [2.45, 2.75) is 38.8 Å². The van der Waals surface area contributed by atoms with Gasteiger partial charge in [0.25, 0.3) is 0 Å². The summed E-state index contributed by atoms with van der Waals surface area (Å²) in [7, 11) is -0.830. The van der Waals surface area contributed by atoms with E-state index in [9.17, 15) is 18.0 Å². The molecule has 1 atom stereocenters. The minimum atomic E-state index is -3.87. The fraction of sp³-hybridized carbons (Fsp3) is 0.355. The third-order valence-electron chi connectivity index (χ3n) is 6.61. The molecule has 0 fully saturated rings. The Morgan fingerprint density at radius 3 is 2.15 bits per heavy atom. The molecule has 41 heavy (non-hydrogen) atoms. The average Bonchev–Trinajstić information content (AvgIpc) is 2.97. The van der Waals surface area contributed by atoms with Crippen molar-refractivity contribution in [2.75, 3.05) is 37.9 Å². The van der Waals surface area contributed by atoms with Gasteiger partial charge in [0.05, 0.1) is 26.2 Å². The molecule has 0 aliphatic rings. The highest BCUT2D eigenvalue weighted by Crippen LogP contribution is 2.24. The predicted octanol–water partition coefficient (Wildman–Crippen LogP) is 4.03. The maximum Gasteiger partial charge on any atom is 0.244 e. The van der Waals surface area contributed by atoms with Crippen LogP contribution in [0.4, 0.5) is 5.69 Å². The van der Waals surface area contributed by atoms with Gasteiger partial charge in [0.2, 0.25) is 21.8 Å². The van der Waals surface area contributed by atoms with E-state index in [1.807, 2.05) is 49.4 Å². The van der Waals surface area contributed by atoms with Crippen LogP contribution >= 0.6 is 0 Å². The summed E-state index contributed by atoms with van der Waals surface area (Å²) in [6, 6.07) is 22.3. The van der Waals surface area contributed by atoms with Crippen molar-refractivity contribution in [1.82, 2.24) is 10.2 Å². The molecule has 0 unspecified atom stereocenters. The van der Waals surface area contributed by atoms with Gasteiger partial charge in [-0.2, -0.15) is 0 Å². The van der Waals surface area contributed by atoms with Gasteiger partial charge in [0.1, 0.15) is 24.1 Å². The molecule has 3 rings (SSSR count). The molecule has 0 aliphatic carbocycles. The molecular weight excluding hydrogens is 542 g/mol. The smallest absolute Gasteiger partial charge is 0.244 e. The molecule has 0 bridgehead atoms. The number of methoxy groups -OCH3 is 2. The SMILES string of the molecule is CCCCNC(=O)[C@H](Cc1ccccc1)N(Cc1cccc(OC)c1)C(=O)CN(c1cccc(OC)c1)S(C)(=O)=O. The Balaban J connectivity index is 2.05. The van der Waals surface area contributed by atoms with E-state index in [4.69, 9.17) is 9.47 Å². The summed E-state index contributed by atoms with van der Waals surface area (Å²) in [6.45, 7) is 2.08. The maximum absolute atomic E-state index is 14.1. The minimum absolute atomic E-state index is 0.0739. The molecule has 1 N–H and O–H groups in total. The second-order valence-corrected chi connectivity index (χ2v) is 11.6. The van der Waals surface area contributed by atoms with Crippen molar-refractivity contribution in [1.29, 1.82) is 0 Å². The van der Waals surface area contributed by atoms with Gasteiger partial charge in [-0.05, 0) is 41.8 Å². The topological polar surface area (TPSA) is 105 Å². The van der Waals surface area contributed by atoms with Crippen LogP contribution in [-0.2, 0) is 32.6 Å². The van der Waals surface area contributed by atoms with E-state index in [0.717, 1.165) is 34.5 Å². The van der Waals surface area contributed by atoms with Gasteiger partial charge >= 0.3 is 0 Å². The fourth-order valence-electron chi connectivity index (χ4n) is 4.41. The van der Waals surface area contributed by atoms with E-state index in [1.165, 1.54) is 12.0 Å². The third-order valence-corrected chi connectivity index (χ3v) is 7.75. The molecule has 0 aromatic heterocycles. The zero-order valence-electron chi connectivity index (χ0n) is 24.1. The van der Waals surface area contributed by atoms with Gasteiger partial charge in [-0.15, -0.1) is 0 Å². The Bertz CT molecular complexity index is 1400. The molecule has 0 saturated heterocycles. The Labute approximate surface area is 243 Å². The van der Waals surface area contributed by atoms with Gasteiger partial charge in [-0.25, -0.2) is 8.42 Å². The average molecular weight is 582 g/mol. The number of nitrogens with one attached hydrogen (secondary N) is 1. The number of carbonyl (C=O) groups is 2. The molecule has 0 aliphatic heterocycles. The Hall–Kier alpha value is -4.05. The van der Waals surface area contributed by atoms with Crippen LogP contribution in [0, 0.1) is 0 Å². The van der Waals surface area contributed by atoms with Crippen LogP contribution in [0.25, 0.3) is 0 Å². The van der Waals surface area contributed by atoms with Gasteiger partial charge < -0.3 is 19.7 Å². The van der Waals surface area contributed by atoms with Crippen molar-refractivity contribution in [3.63, 3.8) is 0 Å². The van der Waals surface area contributed by atoms with Crippen molar-refractivity contribution in [3.8, 4) is 11.5 Å². The lowest BCUT2D eigenvalue weighted by molar-refractivity contribution is -0.140. The maximum atomic E-state index is 14.1. The van der Waals surface area contributed by atoms with Gasteiger partial charge in [0.15, 0.2) is 0 Å². The number of anilines is 1. The van der Waals surface area contributed by atoms with E-state index in [1.54, 1.807) is 43.5 Å². The van der Waals surface area contributed by atoms with E-state index >= 15 is 0 Å². The number of sulfonamides is 1. The van der Waals surface area contributed by atoms with E-state index in [2.05, 4.69) is 5.32 Å². The number of carbonyl (C=O) groups excluding carboxylic acids is 2. The first kappa shape index (κ1) is 31.5. The lowest BCUT2D eigenvalue weighted by atomic mass is 10.0. The largest absolute Gasteiger partial charge is 0.497 e. The Morgan fingerprint density at radius 1 is 0.878 bits per heavy atom. The predicted molar refractivity (Wildman–Crippen MR) is 161 cm³/mol. The number of nitrogens with zero attached hydrogens (tertiary/aromatic N) is 2. The zero-order chi connectivity index (χ0) is 29.8. The first-order valence-electron chi connectivity index (χ1n) is 13.5. The quantitative estimate of drug-likeness (QED) is 0.272. The Kier molecular flexibility index (Phi) is 11.6. The van der Waals surface area contributed by atoms with Crippen molar-refractivity contribution in [3.05, 3.63) is 90.0 Å². The van der Waals surface area contributed by atoms with Crippen LogP contribution in [0.5, 0.6) is 11.5 Å². The summed E-state index contributed by atoms with van der Waals surface area (Å²) < 4.78 is 37.5. The van der Waals surface area contributed by atoms with E-state index < -0.39 is 28.5 Å². The highest BCUT2D eigenvalue weighted by atomic mass is 32.2. The number of hydrogen-bond donors (Lipinski definition) is 1. The molecule has 10 heteroatoms. The molecule has 3 aromatic carbocycles. The van der Waals surface area contributed by atoms with Crippen LogP contribution in [-0.4, -0.2) is 64.7 Å². The number of amides is 2. The molecule has 3 aromatic rings. The van der Waals surface area contributed by atoms with Crippen LogP contribution in [0.3, 0.4) is 0 Å². The summed E-state index contributed by atoms with van der Waals surface area (Å²) in [5.41, 5.74) is 1.90. The molecule has 0 heterocycles. The molecule has 220 valence electrons. The van der Waals surface area contributed by atoms with Gasteiger partial charge in [-0.1, -0.05) is 61.9 Å². The minimum Gasteiger partial charge on any atom is -0.497 e. The number of hydrogen-bond acceptors (Lipinski definition) is 6. The molecule has 0 radical (unpaired) electrons. The summed E-state index contributed by atoms with van der Waals surface area (Å²) in [5, 5.41) is 2.97. The first-order chi connectivity index (χ1) is 19.7. The van der Waals surface area contributed by atoms with Crippen LogP contribution in [0.15, 0.2) is 78.9 Å². The monoisotopic (exact) mass is 581 g/mol. The van der Waals surface area contributed by atoms with Crippen molar-refractivity contribution < 1.29 is 27.5 Å². The second kappa shape index (κ2) is 15.1. The van der Waals surface area contributed by atoms with Crippen molar-refractivity contribution >= 4 is 27.5 Å². The highest BCUT2D eigenvalue weighted by molar-refractivity contribution is 7.92. The van der Waals surface area contributed by atoms with Crippen LogP contribution in [0.1, 0.15) is 30.9 Å².